The maximum absolute atomic E-state index is 13.2. The van der Waals surface area contributed by atoms with Crippen LogP contribution in [0.3, 0.4) is 0 Å². The molecule has 6 nitrogen and oxygen atoms in total. The number of hydrogen-bond donors (Lipinski definition) is 0. The minimum atomic E-state index is -3.62. The number of amides is 1. The second-order valence-corrected chi connectivity index (χ2v) is 9.82. The van der Waals surface area contributed by atoms with E-state index in [1.807, 2.05) is 24.3 Å². The summed E-state index contributed by atoms with van der Waals surface area (Å²) >= 11 is 3.33. The molecule has 2 heterocycles. The number of sulfonamides is 1. The molecule has 0 spiro atoms. The summed E-state index contributed by atoms with van der Waals surface area (Å²) in [5.41, 5.74) is 0.756. The number of benzene rings is 2. The lowest BCUT2D eigenvalue weighted by Crippen LogP contribution is -2.48. The molecule has 0 bridgehead atoms. The number of piperidine rings is 1. The van der Waals surface area contributed by atoms with Gasteiger partial charge in [0.05, 0.1) is 23.0 Å². The lowest BCUT2D eigenvalue weighted by atomic mass is 9.97. The number of halogens is 1. The van der Waals surface area contributed by atoms with Crippen LogP contribution in [0.4, 0.5) is 5.69 Å². The zero-order chi connectivity index (χ0) is 19.7. The Hall–Kier alpha value is -1.90. The fraction of sp³-hybridized carbons (Fsp3) is 0.350. The van der Waals surface area contributed by atoms with Gasteiger partial charge in [0, 0.05) is 17.6 Å². The summed E-state index contributed by atoms with van der Waals surface area (Å²) in [7, 11) is -3.62. The van der Waals surface area contributed by atoms with Gasteiger partial charge < -0.3 is 9.64 Å². The van der Waals surface area contributed by atoms with Crippen LogP contribution in [0, 0.1) is 5.92 Å². The summed E-state index contributed by atoms with van der Waals surface area (Å²) in [4.78, 5) is 15.2. The lowest BCUT2D eigenvalue weighted by molar-refractivity contribution is -0.123. The van der Waals surface area contributed by atoms with Crippen molar-refractivity contribution in [2.24, 2.45) is 5.92 Å². The number of ether oxygens (including phenoxy) is 1. The molecule has 8 heteroatoms. The van der Waals surface area contributed by atoms with Gasteiger partial charge in [-0.2, -0.15) is 4.31 Å². The first kappa shape index (κ1) is 19.4. The lowest BCUT2D eigenvalue weighted by Gasteiger charge is -2.36. The van der Waals surface area contributed by atoms with Crippen molar-refractivity contribution in [1.82, 2.24) is 4.31 Å². The first-order valence-electron chi connectivity index (χ1n) is 9.26. The normalized spacial score (nSPS) is 20.3. The molecular formula is C20H21BrN2O4S. The van der Waals surface area contributed by atoms with Crippen LogP contribution in [-0.4, -0.2) is 44.9 Å². The van der Waals surface area contributed by atoms with E-state index in [4.69, 9.17) is 4.74 Å². The smallest absolute Gasteiger partial charge is 0.243 e. The Bertz CT molecular complexity index is 978. The van der Waals surface area contributed by atoms with Gasteiger partial charge in [0.2, 0.25) is 15.9 Å². The maximum atomic E-state index is 13.2. The van der Waals surface area contributed by atoms with Gasteiger partial charge in [-0.1, -0.05) is 28.1 Å². The van der Waals surface area contributed by atoms with Gasteiger partial charge in [-0.15, -0.1) is 0 Å². The third-order valence-electron chi connectivity index (χ3n) is 5.18. The molecule has 1 atom stereocenters. The summed E-state index contributed by atoms with van der Waals surface area (Å²) in [5.74, 6) is 0.300. The number of para-hydroxylation sites is 2. The highest BCUT2D eigenvalue weighted by Crippen LogP contribution is 2.33. The molecule has 4 rings (SSSR count). The van der Waals surface area contributed by atoms with Gasteiger partial charge in [-0.3, -0.25) is 4.79 Å². The fourth-order valence-corrected chi connectivity index (χ4v) is 5.52. The molecule has 2 aliphatic rings. The Morgan fingerprint density at radius 1 is 1.07 bits per heavy atom. The SMILES string of the molecule is O=C([C@H]1CCCN(S(=O)(=O)c2ccc(Br)cc2)C1)N1CCOc2ccccc21. The van der Waals surface area contributed by atoms with Crippen molar-refractivity contribution in [1.29, 1.82) is 0 Å². The molecule has 1 saturated heterocycles. The Labute approximate surface area is 173 Å². The van der Waals surface area contributed by atoms with E-state index in [9.17, 15) is 13.2 Å². The molecular weight excluding hydrogens is 444 g/mol. The van der Waals surface area contributed by atoms with Gasteiger partial charge in [0.25, 0.3) is 0 Å². The quantitative estimate of drug-likeness (QED) is 0.698. The van der Waals surface area contributed by atoms with Crippen molar-refractivity contribution in [3.8, 4) is 5.75 Å². The van der Waals surface area contributed by atoms with Crippen molar-refractivity contribution in [3.63, 3.8) is 0 Å². The summed E-state index contributed by atoms with van der Waals surface area (Å²) < 4.78 is 33.9. The molecule has 2 aromatic rings. The van der Waals surface area contributed by atoms with E-state index in [1.54, 1.807) is 29.2 Å². The Balaban J connectivity index is 1.54. The Morgan fingerprint density at radius 3 is 2.61 bits per heavy atom. The van der Waals surface area contributed by atoms with E-state index in [0.29, 0.717) is 38.3 Å². The summed E-state index contributed by atoms with van der Waals surface area (Å²) in [6, 6.07) is 14.1. The van der Waals surface area contributed by atoms with Gasteiger partial charge >= 0.3 is 0 Å². The molecule has 0 N–H and O–H groups in total. The fourth-order valence-electron chi connectivity index (χ4n) is 3.74. The molecule has 0 radical (unpaired) electrons. The number of carbonyl (C=O) groups is 1. The van der Waals surface area contributed by atoms with Crippen LogP contribution >= 0.6 is 15.9 Å². The van der Waals surface area contributed by atoms with Crippen molar-refractivity contribution in [3.05, 3.63) is 53.0 Å². The van der Waals surface area contributed by atoms with Crippen LogP contribution < -0.4 is 9.64 Å². The zero-order valence-electron chi connectivity index (χ0n) is 15.3. The average molecular weight is 465 g/mol. The van der Waals surface area contributed by atoms with Crippen LogP contribution in [0.25, 0.3) is 0 Å². The highest BCUT2D eigenvalue weighted by atomic mass is 79.9. The Kier molecular flexibility index (Phi) is 5.44. The second kappa shape index (κ2) is 7.85. The van der Waals surface area contributed by atoms with Crippen molar-refractivity contribution < 1.29 is 17.9 Å². The number of anilines is 1. The van der Waals surface area contributed by atoms with Crippen molar-refractivity contribution in [2.45, 2.75) is 17.7 Å². The molecule has 1 fully saturated rings. The van der Waals surface area contributed by atoms with Crippen LogP contribution in [-0.2, 0) is 14.8 Å². The van der Waals surface area contributed by atoms with Crippen LogP contribution in [0.2, 0.25) is 0 Å². The number of fused-ring (bicyclic) bond motifs is 1. The highest BCUT2D eigenvalue weighted by Gasteiger charge is 2.36. The average Bonchev–Trinajstić information content (AvgIpc) is 2.73. The largest absolute Gasteiger partial charge is 0.490 e. The van der Waals surface area contributed by atoms with E-state index in [1.165, 1.54) is 4.31 Å². The number of hydrogen-bond acceptors (Lipinski definition) is 4. The summed E-state index contributed by atoms with van der Waals surface area (Å²) in [6.45, 7) is 1.56. The maximum Gasteiger partial charge on any atom is 0.243 e. The zero-order valence-corrected chi connectivity index (χ0v) is 17.7. The molecule has 28 heavy (non-hydrogen) atoms. The topological polar surface area (TPSA) is 66.9 Å². The van der Waals surface area contributed by atoms with Crippen molar-refractivity contribution in [2.75, 3.05) is 31.1 Å². The number of rotatable bonds is 3. The van der Waals surface area contributed by atoms with E-state index in [-0.39, 0.29) is 23.3 Å². The van der Waals surface area contributed by atoms with Gasteiger partial charge in [0.15, 0.2) is 0 Å². The molecule has 0 aromatic heterocycles. The van der Waals surface area contributed by atoms with E-state index >= 15 is 0 Å². The molecule has 148 valence electrons. The van der Waals surface area contributed by atoms with Crippen molar-refractivity contribution >= 4 is 37.5 Å². The molecule has 1 amide bonds. The van der Waals surface area contributed by atoms with Gasteiger partial charge in [-0.05, 0) is 49.2 Å². The Morgan fingerprint density at radius 2 is 1.82 bits per heavy atom. The summed E-state index contributed by atoms with van der Waals surface area (Å²) in [5, 5.41) is 0. The molecule has 0 aliphatic carbocycles. The van der Waals surface area contributed by atoms with Gasteiger partial charge in [0.1, 0.15) is 12.4 Å². The first-order chi connectivity index (χ1) is 13.5. The van der Waals surface area contributed by atoms with Crippen LogP contribution in [0.15, 0.2) is 57.9 Å². The number of carbonyl (C=O) groups excluding carboxylic acids is 1. The predicted octanol–water partition coefficient (Wildman–Crippen LogP) is 3.28. The monoisotopic (exact) mass is 464 g/mol. The van der Waals surface area contributed by atoms with Crippen LogP contribution in [0.5, 0.6) is 5.75 Å². The van der Waals surface area contributed by atoms with E-state index < -0.39 is 10.0 Å². The van der Waals surface area contributed by atoms with E-state index in [0.717, 1.165) is 10.2 Å². The standard InChI is InChI=1S/C20H21BrN2O4S/c21-16-7-9-17(10-8-16)28(25,26)22-11-3-4-15(14-22)20(24)23-12-13-27-19-6-2-1-5-18(19)23/h1-2,5-10,15H,3-4,11-14H2/t15-/m0/s1. The van der Waals surface area contributed by atoms with E-state index in [2.05, 4.69) is 15.9 Å². The third-order valence-corrected chi connectivity index (χ3v) is 7.59. The first-order valence-corrected chi connectivity index (χ1v) is 11.5. The van der Waals surface area contributed by atoms with Crippen LogP contribution in [0.1, 0.15) is 12.8 Å². The minimum absolute atomic E-state index is 0.0357. The van der Waals surface area contributed by atoms with Gasteiger partial charge in [-0.25, -0.2) is 8.42 Å². The third kappa shape index (κ3) is 3.68. The molecule has 2 aromatic carbocycles. The predicted molar refractivity (Wildman–Crippen MR) is 110 cm³/mol. The summed E-state index contributed by atoms with van der Waals surface area (Å²) in [6.07, 6.45) is 1.35. The number of nitrogens with zero attached hydrogens (tertiary/aromatic N) is 2. The second-order valence-electron chi connectivity index (χ2n) is 6.96. The highest BCUT2D eigenvalue weighted by molar-refractivity contribution is 9.10. The minimum Gasteiger partial charge on any atom is -0.490 e. The molecule has 2 aliphatic heterocycles. The molecule has 0 saturated carbocycles. The molecule has 0 unspecified atom stereocenters.